The fourth-order valence-corrected chi connectivity index (χ4v) is 4.28. The van der Waals surface area contributed by atoms with E-state index < -0.39 is 31.4 Å². The molecule has 21 heavy (non-hydrogen) atoms. The molecule has 1 aliphatic rings. The van der Waals surface area contributed by atoms with Crippen LogP contribution >= 0.6 is 0 Å². The largest absolute Gasteiger partial charge is 0.370 e. The molecule has 7 nitrogen and oxygen atoms in total. The first-order valence-corrected chi connectivity index (χ1v) is 7.24. The van der Waals surface area contributed by atoms with Crippen molar-refractivity contribution in [3.8, 4) is 0 Å². The van der Waals surface area contributed by atoms with E-state index in [-0.39, 0.29) is 17.0 Å². The molecule has 0 radical (unpaired) electrons. The summed E-state index contributed by atoms with van der Waals surface area (Å²) >= 11 is 0. The Morgan fingerprint density at radius 1 is 1.48 bits per heavy atom. The Balaban J connectivity index is 2.48. The zero-order valence-corrected chi connectivity index (χ0v) is 11.4. The highest BCUT2D eigenvalue weighted by atomic mass is 32.2. The highest BCUT2D eigenvalue weighted by Gasteiger charge is 2.70. The number of sulfone groups is 1. The molecule has 0 aromatic heterocycles. The van der Waals surface area contributed by atoms with E-state index >= 15 is 0 Å². The summed E-state index contributed by atoms with van der Waals surface area (Å²) in [5, 5.41) is 10.5. The van der Waals surface area contributed by atoms with Gasteiger partial charge in [0.15, 0.2) is 14.6 Å². The second kappa shape index (κ2) is 4.92. The van der Waals surface area contributed by atoms with Crippen molar-refractivity contribution < 1.29 is 27.6 Å². The number of hydrogen-bond acceptors (Lipinski definition) is 6. The van der Waals surface area contributed by atoms with Crippen molar-refractivity contribution in [2.24, 2.45) is 5.92 Å². The van der Waals surface area contributed by atoms with Crippen molar-refractivity contribution in [1.29, 1.82) is 0 Å². The maximum Gasteiger partial charge on any atom is 0.370 e. The van der Waals surface area contributed by atoms with E-state index in [4.69, 9.17) is 0 Å². The van der Waals surface area contributed by atoms with Gasteiger partial charge in [-0.15, -0.1) is 6.58 Å². The van der Waals surface area contributed by atoms with Crippen LogP contribution in [0.1, 0.15) is 6.42 Å². The van der Waals surface area contributed by atoms with Crippen LogP contribution in [-0.2, 0) is 19.6 Å². The van der Waals surface area contributed by atoms with E-state index in [1.165, 1.54) is 6.08 Å². The van der Waals surface area contributed by atoms with Gasteiger partial charge in [-0.2, -0.15) is 0 Å². The number of nitro groups is 1. The smallest absolute Gasteiger partial charge is 0.258 e. The summed E-state index contributed by atoms with van der Waals surface area (Å²) in [5.41, 5.74) is -0.299. The van der Waals surface area contributed by atoms with Gasteiger partial charge < -0.3 is 0 Å². The van der Waals surface area contributed by atoms with E-state index in [0.29, 0.717) is 0 Å². The molecule has 0 aliphatic heterocycles. The molecule has 1 aliphatic carbocycles. The Kier molecular flexibility index (Phi) is 3.54. The fraction of sp³-hybridized carbons (Fsp3) is 0.250. The van der Waals surface area contributed by atoms with Gasteiger partial charge in [0.2, 0.25) is 0 Å². The zero-order chi connectivity index (χ0) is 15.8. The lowest BCUT2D eigenvalue weighted by molar-refractivity contribution is -0.384. The van der Waals surface area contributed by atoms with Gasteiger partial charge in [-0.1, -0.05) is 6.08 Å². The Bertz CT molecular complexity index is 714. The molecule has 0 N–H and O–H groups in total. The van der Waals surface area contributed by atoms with E-state index in [2.05, 4.69) is 11.5 Å². The van der Waals surface area contributed by atoms with Crippen LogP contribution in [0, 0.1) is 16.0 Å². The summed E-state index contributed by atoms with van der Waals surface area (Å²) in [7, 11) is -4.25. The summed E-state index contributed by atoms with van der Waals surface area (Å²) in [6.07, 6.45) is 1.10. The zero-order valence-electron chi connectivity index (χ0n) is 10.6. The molecule has 0 unspecified atom stereocenters. The van der Waals surface area contributed by atoms with Crippen LogP contribution in [-0.4, -0.2) is 24.1 Å². The molecular formula is C12H10FNO6S. The van der Waals surface area contributed by atoms with Gasteiger partial charge in [0, 0.05) is 22.6 Å². The molecular weight excluding hydrogens is 305 g/mol. The summed E-state index contributed by atoms with van der Waals surface area (Å²) < 4.78 is 35.1. The third-order valence-electron chi connectivity index (χ3n) is 3.50. The maximum atomic E-state index is 12.5. The first kappa shape index (κ1) is 15.1. The molecule has 0 bridgehead atoms. The third-order valence-corrected chi connectivity index (χ3v) is 5.99. The monoisotopic (exact) mass is 315 g/mol. The number of halogens is 1. The summed E-state index contributed by atoms with van der Waals surface area (Å²) in [6.45, 7) is 3.40. The molecule has 0 spiro atoms. The van der Waals surface area contributed by atoms with Crippen molar-refractivity contribution in [3.05, 3.63) is 47.0 Å². The molecule has 1 aromatic carbocycles. The maximum absolute atomic E-state index is 12.5. The highest BCUT2D eigenvalue weighted by molar-refractivity contribution is 7.94. The van der Waals surface area contributed by atoms with E-state index in [1.54, 1.807) is 0 Å². The van der Waals surface area contributed by atoms with Crippen LogP contribution in [0.5, 0.6) is 0 Å². The Morgan fingerprint density at radius 3 is 2.43 bits per heavy atom. The Hall–Kier alpha value is -2.29. The Labute approximate surface area is 119 Å². The van der Waals surface area contributed by atoms with Crippen molar-refractivity contribution in [1.82, 2.24) is 0 Å². The van der Waals surface area contributed by atoms with E-state index in [9.17, 15) is 27.9 Å². The van der Waals surface area contributed by atoms with E-state index in [0.717, 1.165) is 24.3 Å². The molecule has 0 heterocycles. The van der Waals surface area contributed by atoms with Crippen LogP contribution in [0.2, 0.25) is 0 Å². The quantitative estimate of drug-likeness (QED) is 0.466. The van der Waals surface area contributed by atoms with Crippen molar-refractivity contribution in [2.45, 2.75) is 16.1 Å². The van der Waals surface area contributed by atoms with Crippen molar-refractivity contribution in [3.63, 3.8) is 0 Å². The Morgan fingerprint density at radius 2 is 2.05 bits per heavy atom. The molecule has 112 valence electrons. The number of non-ortho nitro benzene ring substituents is 1. The first-order valence-electron chi connectivity index (χ1n) is 5.76. The number of nitro benzene ring substituents is 1. The number of benzene rings is 1. The fourth-order valence-electron chi connectivity index (χ4n) is 2.22. The lowest BCUT2D eigenvalue weighted by Gasteiger charge is -2.13. The van der Waals surface area contributed by atoms with Gasteiger partial charge in [-0.3, -0.25) is 15.1 Å². The minimum atomic E-state index is -4.25. The third kappa shape index (κ3) is 2.09. The molecule has 2 atom stereocenters. The average Bonchev–Trinajstić information content (AvgIpc) is 3.23. The average molecular weight is 315 g/mol. The number of hydrogen-bond donors (Lipinski definition) is 0. The summed E-state index contributed by atoms with van der Waals surface area (Å²) in [5.74, 6) is -2.27. The molecule has 9 heteroatoms. The van der Waals surface area contributed by atoms with Crippen LogP contribution in [0.15, 0.2) is 41.8 Å². The minimum Gasteiger partial charge on any atom is -0.258 e. The van der Waals surface area contributed by atoms with Crippen LogP contribution in [0.4, 0.5) is 10.2 Å². The van der Waals surface area contributed by atoms with Gasteiger partial charge in [0.05, 0.1) is 9.82 Å². The summed E-state index contributed by atoms with van der Waals surface area (Å²) in [4.78, 5) is 24.2. The van der Waals surface area contributed by atoms with Crippen molar-refractivity contribution in [2.75, 3.05) is 0 Å². The first-order chi connectivity index (χ1) is 9.81. The van der Waals surface area contributed by atoms with Crippen molar-refractivity contribution >= 4 is 21.5 Å². The highest BCUT2D eigenvalue weighted by Crippen LogP contribution is 2.54. The SMILES string of the molecule is C=C[C@@H]1C[C@@]1(C(=O)OF)S(=O)(=O)c1ccc([N+](=O)[O-])cc1. The normalized spacial score (nSPS) is 24.1. The number of carbonyl (C=O) groups excluding carboxylic acids is 1. The number of allylic oxidation sites excluding steroid dienone is 1. The molecule has 0 saturated heterocycles. The predicted molar refractivity (Wildman–Crippen MR) is 68.5 cm³/mol. The lowest BCUT2D eigenvalue weighted by atomic mass is 10.3. The van der Waals surface area contributed by atoms with Gasteiger partial charge in [-0.25, -0.2) is 13.2 Å². The molecule has 1 fully saturated rings. The lowest BCUT2D eigenvalue weighted by Crippen LogP contribution is -2.35. The topological polar surface area (TPSA) is 104 Å². The van der Waals surface area contributed by atoms with Crippen LogP contribution in [0.3, 0.4) is 0 Å². The number of nitrogens with zero attached hydrogens (tertiary/aromatic N) is 1. The number of rotatable bonds is 5. The van der Waals surface area contributed by atoms with E-state index in [1.807, 2.05) is 0 Å². The van der Waals surface area contributed by atoms with Crippen LogP contribution in [0.25, 0.3) is 0 Å². The van der Waals surface area contributed by atoms with Gasteiger partial charge in [-0.05, 0) is 18.6 Å². The molecule has 0 amide bonds. The van der Waals surface area contributed by atoms with Gasteiger partial charge >= 0.3 is 5.97 Å². The molecule has 2 rings (SSSR count). The van der Waals surface area contributed by atoms with Gasteiger partial charge in [0.25, 0.3) is 5.69 Å². The van der Waals surface area contributed by atoms with Gasteiger partial charge in [0.1, 0.15) is 0 Å². The molecule has 1 aromatic rings. The second-order valence-electron chi connectivity index (χ2n) is 4.55. The molecule has 1 saturated carbocycles. The minimum absolute atomic E-state index is 0.140. The standard InChI is InChI=1S/C12H10FNO6S/c1-2-8-7-12(8,11(15)20-13)21(18,19)10-5-3-9(4-6-10)14(16)17/h2-6,8H,1,7H2/t8-,12-/m1/s1. The predicted octanol–water partition coefficient (Wildman–Crippen LogP) is 1.74. The van der Waals surface area contributed by atoms with Crippen LogP contribution < -0.4 is 0 Å². The number of carbonyl (C=O) groups is 1. The second-order valence-corrected chi connectivity index (χ2v) is 6.76. The summed E-state index contributed by atoms with van der Waals surface area (Å²) in [6, 6.07) is 3.98.